The van der Waals surface area contributed by atoms with Crippen molar-refractivity contribution in [3.8, 4) is 0 Å². The Bertz CT molecular complexity index is 1040. The van der Waals surface area contributed by atoms with Crippen molar-refractivity contribution in [2.75, 3.05) is 10.2 Å². The van der Waals surface area contributed by atoms with Crippen molar-refractivity contribution < 1.29 is 9.59 Å². The van der Waals surface area contributed by atoms with Crippen LogP contribution in [-0.4, -0.2) is 11.8 Å². The van der Waals surface area contributed by atoms with Crippen LogP contribution in [0, 0.1) is 0 Å². The van der Waals surface area contributed by atoms with Gasteiger partial charge in [-0.2, -0.15) is 0 Å². The minimum Gasteiger partial charge on any atom is -0.350 e. The largest absolute Gasteiger partial charge is 0.350 e. The van der Waals surface area contributed by atoms with E-state index >= 15 is 0 Å². The molecule has 4 rings (SSSR count). The lowest BCUT2D eigenvalue weighted by Gasteiger charge is -2.16. The molecule has 0 spiro atoms. The van der Waals surface area contributed by atoms with Crippen LogP contribution in [0.25, 0.3) is 5.57 Å². The van der Waals surface area contributed by atoms with Gasteiger partial charge in [-0.3, -0.25) is 9.59 Å². The van der Waals surface area contributed by atoms with E-state index in [0.29, 0.717) is 31.9 Å². The number of amides is 2. The van der Waals surface area contributed by atoms with Crippen LogP contribution in [0.15, 0.2) is 71.7 Å². The van der Waals surface area contributed by atoms with E-state index in [1.807, 2.05) is 47.8 Å². The second kappa shape index (κ2) is 7.19. The number of nitrogens with zero attached hydrogens (tertiary/aromatic N) is 1. The fourth-order valence-corrected chi connectivity index (χ4v) is 4.15. The number of halogens is 2. The number of anilines is 2. The van der Waals surface area contributed by atoms with Gasteiger partial charge in [-0.1, -0.05) is 47.5 Å². The van der Waals surface area contributed by atoms with Crippen molar-refractivity contribution in [2.24, 2.45) is 0 Å². The second-order valence-corrected chi connectivity index (χ2v) is 7.61. The van der Waals surface area contributed by atoms with Crippen LogP contribution in [0.1, 0.15) is 4.88 Å². The minimum absolute atomic E-state index is 0.227. The van der Waals surface area contributed by atoms with Crippen LogP contribution in [0.3, 0.4) is 0 Å². The number of nitrogens with one attached hydrogen (secondary N) is 1. The molecule has 134 valence electrons. The SMILES string of the molecule is O=C1C(Nc2ccccc2)=C(c2cccs2)C(=O)N1c1cc(Cl)cc(Cl)c1. The standard InChI is InChI=1S/C20H12Cl2N2O2S/c21-12-9-13(22)11-15(10-12)24-19(25)17(16-7-4-8-27-16)18(20(24)26)23-14-5-2-1-3-6-14/h1-11,23H. The average molecular weight is 415 g/mol. The summed E-state index contributed by atoms with van der Waals surface area (Å²) in [5.74, 6) is -0.871. The van der Waals surface area contributed by atoms with E-state index in [-0.39, 0.29) is 5.70 Å². The maximum atomic E-state index is 13.2. The van der Waals surface area contributed by atoms with Crippen LogP contribution in [0.4, 0.5) is 11.4 Å². The topological polar surface area (TPSA) is 49.4 Å². The van der Waals surface area contributed by atoms with Crippen molar-refractivity contribution in [2.45, 2.75) is 0 Å². The van der Waals surface area contributed by atoms with Gasteiger partial charge in [-0.05, 0) is 41.8 Å². The van der Waals surface area contributed by atoms with Gasteiger partial charge >= 0.3 is 0 Å². The Balaban J connectivity index is 1.82. The average Bonchev–Trinajstić information content (AvgIpc) is 3.22. The van der Waals surface area contributed by atoms with E-state index in [4.69, 9.17) is 23.2 Å². The number of imide groups is 1. The van der Waals surface area contributed by atoms with Crippen LogP contribution in [0.2, 0.25) is 10.0 Å². The third-order valence-electron chi connectivity index (χ3n) is 4.00. The summed E-state index contributed by atoms with van der Waals surface area (Å²) in [4.78, 5) is 28.1. The first kappa shape index (κ1) is 17.8. The molecule has 0 aliphatic carbocycles. The van der Waals surface area contributed by atoms with Crippen LogP contribution < -0.4 is 10.2 Å². The first-order chi connectivity index (χ1) is 13.0. The number of rotatable bonds is 4. The Hall–Kier alpha value is -2.60. The summed E-state index contributed by atoms with van der Waals surface area (Å²) in [5, 5.41) is 5.65. The molecule has 2 amide bonds. The van der Waals surface area contributed by atoms with Crippen molar-refractivity contribution in [3.63, 3.8) is 0 Å². The molecule has 7 heteroatoms. The number of thiophene rings is 1. The van der Waals surface area contributed by atoms with Crippen molar-refractivity contribution in [3.05, 3.63) is 86.7 Å². The molecule has 1 aromatic heterocycles. The fraction of sp³-hybridized carbons (Fsp3) is 0. The summed E-state index contributed by atoms with van der Waals surface area (Å²) in [5.41, 5.74) is 1.61. The molecule has 2 aromatic carbocycles. The molecule has 27 heavy (non-hydrogen) atoms. The highest BCUT2D eigenvalue weighted by molar-refractivity contribution is 7.11. The predicted molar refractivity (Wildman–Crippen MR) is 110 cm³/mol. The van der Waals surface area contributed by atoms with Gasteiger partial charge in [-0.25, -0.2) is 4.90 Å². The first-order valence-corrected chi connectivity index (χ1v) is 9.63. The van der Waals surface area contributed by atoms with Gasteiger partial charge in [0.1, 0.15) is 5.70 Å². The number of benzene rings is 2. The smallest absolute Gasteiger partial charge is 0.282 e. The van der Waals surface area contributed by atoms with Crippen LogP contribution in [-0.2, 0) is 9.59 Å². The van der Waals surface area contributed by atoms with E-state index in [9.17, 15) is 9.59 Å². The third kappa shape index (κ3) is 3.37. The zero-order chi connectivity index (χ0) is 19.0. The zero-order valence-electron chi connectivity index (χ0n) is 13.8. The summed E-state index contributed by atoms with van der Waals surface area (Å²) in [7, 11) is 0. The van der Waals surface area contributed by atoms with Crippen molar-refractivity contribution in [1.82, 2.24) is 0 Å². The highest BCUT2D eigenvalue weighted by Gasteiger charge is 2.40. The summed E-state index contributed by atoms with van der Waals surface area (Å²) >= 11 is 13.5. The molecule has 3 aromatic rings. The molecule has 0 unspecified atom stereocenters. The van der Waals surface area contributed by atoms with Gasteiger partial charge in [0.15, 0.2) is 0 Å². The normalized spacial score (nSPS) is 14.2. The second-order valence-electron chi connectivity index (χ2n) is 5.79. The lowest BCUT2D eigenvalue weighted by atomic mass is 10.2. The molecule has 0 atom stereocenters. The van der Waals surface area contributed by atoms with Gasteiger partial charge < -0.3 is 5.32 Å². The molecule has 0 radical (unpaired) electrons. The van der Waals surface area contributed by atoms with E-state index in [1.54, 1.807) is 18.2 Å². The summed E-state index contributed by atoms with van der Waals surface area (Å²) in [6, 6.07) is 17.5. The number of carbonyl (C=O) groups is 2. The minimum atomic E-state index is -0.453. The van der Waals surface area contributed by atoms with Crippen molar-refractivity contribution >= 4 is 63.3 Å². The monoisotopic (exact) mass is 414 g/mol. The molecular weight excluding hydrogens is 403 g/mol. The Labute approximate surface area is 169 Å². The quantitative estimate of drug-likeness (QED) is 0.577. The maximum absolute atomic E-state index is 13.2. The van der Waals surface area contributed by atoms with Crippen molar-refractivity contribution in [1.29, 1.82) is 0 Å². The highest BCUT2D eigenvalue weighted by atomic mass is 35.5. The van der Waals surface area contributed by atoms with E-state index in [2.05, 4.69) is 5.32 Å². The molecule has 0 saturated heterocycles. The molecule has 1 aliphatic rings. The van der Waals surface area contributed by atoms with E-state index < -0.39 is 11.8 Å². The van der Waals surface area contributed by atoms with Crippen LogP contribution >= 0.6 is 34.5 Å². The molecule has 0 fully saturated rings. The number of hydrogen-bond donors (Lipinski definition) is 1. The number of carbonyl (C=O) groups excluding carboxylic acids is 2. The third-order valence-corrected chi connectivity index (χ3v) is 5.32. The van der Waals surface area contributed by atoms with Gasteiger partial charge in [0.2, 0.25) is 0 Å². The van der Waals surface area contributed by atoms with Gasteiger partial charge in [0, 0.05) is 20.6 Å². The fourth-order valence-electron chi connectivity index (χ4n) is 2.86. The van der Waals surface area contributed by atoms with Gasteiger partial charge in [-0.15, -0.1) is 11.3 Å². The van der Waals surface area contributed by atoms with Crippen LogP contribution in [0.5, 0.6) is 0 Å². The lowest BCUT2D eigenvalue weighted by Crippen LogP contribution is -2.32. The Morgan fingerprint density at radius 2 is 1.56 bits per heavy atom. The highest BCUT2D eigenvalue weighted by Crippen LogP contribution is 2.37. The maximum Gasteiger partial charge on any atom is 0.282 e. The summed E-state index contributed by atoms with van der Waals surface area (Å²) in [6.07, 6.45) is 0. The lowest BCUT2D eigenvalue weighted by molar-refractivity contribution is -0.120. The van der Waals surface area contributed by atoms with Gasteiger partial charge in [0.25, 0.3) is 11.8 Å². The Morgan fingerprint density at radius 3 is 2.19 bits per heavy atom. The molecule has 4 nitrogen and oxygen atoms in total. The number of hydrogen-bond acceptors (Lipinski definition) is 4. The summed E-state index contributed by atoms with van der Waals surface area (Å²) in [6.45, 7) is 0. The number of para-hydroxylation sites is 1. The molecule has 2 heterocycles. The molecule has 1 aliphatic heterocycles. The van der Waals surface area contributed by atoms with E-state index in [0.717, 1.165) is 4.90 Å². The molecule has 1 N–H and O–H groups in total. The Kier molecular flexibility index (Phi) is 4.74. The molecule has 0 bridgehead atoms. The molecular formula is C20H12Cl2N2O2S. The first-order valence-electron chi connectivity index (χ1n) is 7.99. The summed E-state index contributed by atoms with van der Waals surface area (Å²) < 4.78 is 0. The zero-order valence-corrected chi connectivity index (χ0v) is 16.1. The Morgan fingerprint density at radius 1 is 0.852 bits per heavy atom. The van der Waals surface area contributed by atoms with Gasteiger partial charge in [0.05, 0.1) is 11.3 Å². The van der Waals surface area contributed by atoms with E-state index in [1.165, 1.54) is 11.3 Å². The molecule has 0 saturated carbocycles. The predicted octanol–water partition coefficient (Wildman–Crippen LogP) is 5.45.